The molecule has 1 amide bonds. The normalized spacial score (nSPS) is 40.1. The minimum Gasteiger partial charge on any atom is -0.372 e. The number of aliphatic imine (C=N–C) groups is 2. The average Bonchev–Trinajstić information content (AvgIpc) is 3.49. The van der Waals surface area contributed by atoms with Crippen LogP contribution in [0.4, 0.5) is 0 Å². The maximum Gasteiger partial charge on any atom is 0.237 e. The summed E-state index contributed by atoms with van der Waals surface area (Å²) in [6, 6.07) is 0.799. The Labute approximate surface area is 167 Å². The number of amidine groups is 2. The molecule has 0 aromatic rings. The smallest absolute Gasteiger partial charge is 0.237 e. The first kappa shape index (κ1) is 18.4. The van der Waals surface area contributed by atoms with E-state index in [4.69, 9.17) is 0 Å². The van der Waals surface area contributed by atoms with Gasteiger partial charge in [-0.25, -0.2) is 0 Å². The number of carbonyl (C=O) groups is 1. The Morgan fingerprint density at radius 1 is 0.857 bits per heavy atom. The van der Waals surface area contributed by atoms with Gasteiger partial charge >= 0.3 is 0 Å². The summed E-state index contributed by atoms with van der Waals surface area (Å²) in [5.41, 5.74) is 0. The van der Waals surface area contributed by atoms with E-state index in [1.807, 2.05) is 0 Å². The fourth-order valence-electron chi connectivity index (χ4n) is 5.97. The zero-order valence-electron chi connectivity index (χ0n) is 16.8. The van der Waals surface area contributed by atoms with Crippen LogP contribution in [0, 0.1) is 17.8 Å². The summed E-state index contributed by atoms with van der Waals surface area (Å²) in [5.74, 6) is 4.43. The van der Waals surface area contributed by atoms with Crippen molar-refractivity contribution in [3.05, 3.63) is 0 Å². The van der Waals surface area contributed by atoms with Crippen LogP contribution < -0.4 is 21.3 Å². The molecule has 2 saturated carbocycles. The van der Waals surface area contributed by atoms with Crippen molar-refractivity contribution in [3.63, 3.8) is 0 Å². The molecule has 3 aliphatic heterocycles. The van der Waals surface area contributed by atoms with Crippen molar-refractivity contribution in [1.82, 2.24) is 21.3 Å². The van der Waals surface area contributed by atoms with E-state index in [0.717, 1.165) is 64.7 Å². The molecule has 5 aliphatic rings. The van der Waals surface area contributed by atoms with Crippen LogP contribution in [0.5, 0.6) is 0 Å². The summed E-state index contributed by atoms with van der Waals surface area (Å²) in [6.45, 7) is 3.83. The van der Waals surface area contributed by atoms with Gasteiger partial charge in [-0.2, -0.15) is 0 Å². The molecule has 2 aliphatic carbocycles. The van der Waals surface area contributed by atoms with Crippen molar-refractivity contribution in [1.29, 1.82) is 0 Å². The van der Waals surface area contributed by atoms with Gasteiger partial charge < -0.3 is 21.3 Å². The molecule has 7 heteroatoms. The van der Waals surface area contributed by atoms with Gasteiger partial charge in [0.05, 0.1) is 30.8 Å². The second-order valence-corrected chi connectivity index (χ2v) is 9.28. The number of nitrogens with one attached hydrogen (secondary N) is 4. The lowest BCUT2D eigenvalue weighted by molar-refractivity contribution is -0.123. The number of nitrogens with zero attached hydrogens (tertiary/aromatic N) is 2. The lowest BCUT2D eigenvalue weighted by atomic mass is 9.78. The number of amides is 1. The summed E-state index contributed by atoms with van der Waals surface area (Å²) >= 11 is 0. The van der Waals surface area contributed by atoms with Crippen LogP contribution in [0.2, 0.25) is 0 Å². The summed E-state index contributed by atoms with van der Waals surface area (Å²) in [6.07, 6.45) is 8.97. The second-order valence-electron chi connectivity index (χ2n) is 9.28. The molecule has 4 unspecified atom stereocenters. The van der Waals surface area contributed by atoms with Gasteiger partial charge in [-0.15, -0.1) is 0 Å². The van der Waals surface area contributed by atoms with Gasteiger partial charge in [0.15, 0.2) is 0 Å². The molecule has 3 fully saturated rings. The van der Waals surface area contributed by atoms with E-state index in [2.05, 4.69) is 31.3 Å². The number of carbonyl (C=O) groups excluding carboxylic acids is 1. The maximum absolute atomic E-state index is 12.9. The number of fused-ring (bicyclic) bond motifs is 1. The Morgan fingerprint density at radius 3 is 2.21 bits per heavy atom. The van der Waals surface area contributed by atoms with E-state index in [1.54, 1.807) is 0 Å². The predicted octanol–water partition coefficient (Wildman–Crippen LogP) is 0.812. The third-order valence-electron chi connectivity index (χ3n) is 7.51. The van der Waals surface area contributed by atoms with Gasteiger partial charge in [0, 0.05) is 37.0 Å². The largest absolute Gasteiger partial charge is 0.372 e. The van der Waals surface area contributed by atoms with Crippen molar-refractivity contribution < 1.29 is 4.79 Å². The van der Waals surface area contributed by atoms with E-state index in [1.165, 1.54) is 24.5 Å². The van der Waals surface area contributed by atoms with Crippen molar-refractivity contribution in [2.24, 2.45) is 27.7 Å². The fourth-order valence-corrected chi connectivity index (χ4v) is 5.97. The highest BCUT2D eigenvalue weighted by molar-refractivity contribution is 5.87. The first-order valence-corrected chi connectivity index (χ1v) is 11.4. The van der Waals surface area contributed by atoms with Crippen LogP contribution in [0.15, 0.2) is 9.98 Å². The van der Waals surface area contributed by atoms with E-state index in [-0.39, 0.29) is 11.9 Å². The quantitative estimate of drug-likeness (QED) is 0.576. The van der Waals surface area contributed by atoms with Crippen LogP contribution in [0.25, 0.3) is 0 Å². The maximum atomic E-state index is 12.9. The fraction of sp³-hybridized carbons (Fsp3) is 0.857. The van der Waals surface area contributed by atoms with Crippen molar-refractivity contribution in [3.8, 4) is 0 Å². The van der Waals surface area contributed by atoms with E-state index in [0.29, 0.717) is 29.8 Å². The topological polar surface area (TPSA) is 89.9 Å². The van der Waals surface area contributed by atoms with Gasteiger partial charge in [-0.3, -0.25) is 14.8 Å². The zero-order chi connectivity index (χ0) is 18.9. The highest BCUT2D eigenvalue weighted by Crippen LogP contribution is 2.37. The van der Waals surface area contributed by atoms with E-state index in [9.17, 15) is 4.79 Å². The molecular weight excluding hydrogens is 352 g/mol. The molecule has 154 valence electrons. The summed E-state index contributed by atoms with van der Waals surface area (Å²) < 4.78 is 0. The molecule has 0 aromatic heterocycles. The minimum absolute atomic E-state index is 0.00850. The molecule has 4 N–H and O–H groups in total. The Morgan fingerprint density at radius 2 is 1.54 bits per heavy atom. The Balaban J connectivity index is 1.09. The molecule has 0 bridgehead atoms. The lowest BCUT2D eigenvalue weighted by Crippen LogP contribution is -2.48. The van der Waals surface area contributed by atoms with Crippen molar-refractivity contribution in [2.75, 3.05) is 26.2 Å². The number of hydrogen-bond donors (Lipinski definition) is 4. The SMILES string of the molecule is O=C(NC1CCC(C2=NCCN2)CC1)C1CC2CCC(C3=NCCN3)CC2N1. The molecule has 5 rings (SSSR count). The highest BCUT2D eigenvalue weighted by atomic mass is 16.2. The van der Waals surface area contributed by atoms with Crippen LogP contribution >= 0.6 is 0 Å². The van der Waals surface area contributed by atoms with Crippen LogP contribution in [-0.4, -0.2) is 61.9 Å². The average molecular weight is 387 g/mol. The number of hydrogen-bond acceptors (Lipinski definition) is 6. The van der Waals surface area contributed by atoms with Crippen LogP contribution in [0.1, 0.15) is 51.4 Å². The van der Waals surface area contributed by atoms with Crippen LogP contribution in [-0.2, 0) is 4.79 Å². The van der Waals surface area contributed by atoms with Gasteiger partial charge in [0.2, 0.25) is 5.91 Å². The standard InChI is InChI=1S/C21H34N6O/c28-21(26-16-5-3-13(4-6-16)19-22-7-8-23-19)18-11-14-1-2-15(12-17(14)27-18)20-24-9-10-25-20/h13-18,27H,1-12H2,(H,22,23)(H,24,25)(H,26,28). The Bertz CT molecular complexity index is 653. The monoisotopic (exact) mass is 386 g/mol. The predicted molar refractivity (Wildman–Crippen MR) is 111 cm³/mol. The van der Waals surface area contributed by atoms with Crippen LogP contribution in [0.3, 0.4) is 0 Å². The minimum atomic E-state index is -0.00850. The molecular formula is C21H34N6O. The Hall–Kier alpha value is -1.63. The lowest BCUT2D eigenvalue weighted by Gasteiger charge is -2.31. The molecule has 0 spiro atoms. The summed E-state index contributed by atoms with van der Waals surface area (Å²) in [5, 5.41) is 13.9. The third kappa shape index (κ3) is 3.78. The Kier molecular flexibility index (Phi) is 5.26. The van der Waals surface area contributed by atoms with Gasteiger partial charge in [-0.1, -0.05) is 0 Å². The zero-order valence-corrected chi connectivity index (χ0v) is 16.8. The third-order valence-corrected chi connectivity index (χ3v) is 7.51. The molecule has 28 heavy (non-hydrogen) atoms. The summed E-state index contributed by atoms with van der Waals surface area (Å²) in [7, 11) is 0. The molecule has 0 aromatic carbocycles. The molecule has 7 nitrogen and oxygen atoms in total. The van der Waals surface area contributed by atoms with Gasteiger partial charge in [-0.05, 0) is 57.3 Å². The van der Waals surface area contributed by atoms with Crippen molar-refractivity contribution >= 4 is 17.6 Å². The second kappa shape index (κ2) is 8.01. The van der Waals surface area contributed by atoms with Crippen molar-refractivity contribution in [2.45, 2.75) is 69.5 Å². The van der Waals surface area contributed by atoms with E-state index >= 15 is 0 Å². The number of rotatable bonds is 4. The summed E-state index contributed by atoms with van der Waals surface area (Å²) in [4.78, 5) is 22.1. The van der Waals surface area contributed by atoms with Gasteiger partial charge in [0.25, 0.3) is 0 Å². The molecule has 3 heterocycles. The highest BCUT2D eigenvalue weighted by Gasteiger charge is 2.42. The van der Waals surface area contributed by atoms with E-state index < -0.39 is 0 Å². The molecule has 0 radical (unpaired) electrons. The molecule has 4 atom stereocenters. The van der Waals surface area contributed by atoms with Gasteiger partial charge in [0.1, 0.15) is 0 Å². The molecule has 1 saturated heterocycles. The first-order chi connectivity index (χ1) is 13.8. The first-order valence-electron chi connectivity index (χ1n) is 11.4.